The van der Waals surface area contributed by atoms with Crippen molar-refractivity contribution in [3.8, 4) is 18.1 Å². The molecule has 1 rings (SSSR count). The molecule has 18 heavy (non-hydrogen) atoms. The molecule has 0 bridgehead atoms. The Hall–Kier alpha value is -1.93. The standard InChI is InChI=1S/C12H11ClFNO3/c1-4-7(2)18-11-6-10(15-12(16)17-3)9(14)5-8(11)13/h1,5-7H,2-3H3,(H,15,16). The average molecular weight is 272 g/mol. The third-order valence-electron chi connectivity index (χ3n) is 1.98. The van der Waals surface area contributed by atoms with Crippen molar-refractivity contribution >= 4 is 23.4 Å². The second-order valence-electron chi connectivity index (χ2n) is 3.31. The van der Waals surface area contributed by atoms with Crippen molar-refractivity contribution in [2.24, 2.45) is 0 Å². The lowest BCUT2D eigenvalue weighted by molar-refractivity contribution is 0.186. The van der Waals surface area contributed by atoms with Crippen molar-refractivity contribution in [1.29, 1.82) is 0 Å². The van der Waals surface area contributed by atoms with Gasteiger partial charge in [-0.05, 0) is 13.0 Å². The van der Waals surface area contributed by atoms with Gasteiger partial charge in [0.15, 0.2) is 6.10 Å². The van der Waals surface area contributed by atoms with Gasteiger partial charge in [0.2, 0.25) is 0 Å². The van der Waals surface area contributed by atoms with E-state index in [-0.39, 0.29) is 16.5 Å². The van der Waals surface area contributed by atoms with Crippen molar-refractivity contribution in [1.82, 2.24) is 0 Å². The molecule has 4 nitrogen and oxygen atoms in total. The van der Waals surface area contributed by atoms with Gasteiger partial charge in [0.1, 0.15) is 11.6 Å². The molecule has 0 radical (unpaired) electrons. The van der Waals surface area contributed by atoms with Crippen LogP contribution in [0.4, 0.5) is 14.9 Å². The van der Waals surface area contributed by atoms with E-state index >= 15 is 0 Å². The van der Waals surface area contributed by atoms with Crippen LogP contribution in [0.15, 0.2) is 12.1 Å². The Bertz CT molecular complexity index is 499. The van der Waals surface area contributed by atoms with Gasteiger partial charge in [-0.2, -0.15) is 0 Å². The Morgan fingerprint density at radius 1 is 1.61 bits per heavy atom. The molecule has 0 aromatic heterocycles. The number of terminal acetylenes is 1. The zero-order valence-corrected chi connectivity index (χ0v) is 10.5. The molecule has 0 saturated heterocycles. The zero-order chi connectivity index (χ0) is 13.7. The molecule has 0 fully saturated rings. The molecular weight excluding hydrogens is 261 g/mol. The first-order valence-electron chi connectivity index (χ1n) is 4.94. The van der Waals surface area contributed by atoms with Crippen molar-refractivity contribution in [3.05, 3.63) is 23.0 Å². The van der Waals surface area contributed by atoms with Gasteiger partial charge >= 0.3 is 6.09 Å². The van der Waals surface area contributed by atoms with Gasteiger partial charge in [-0.15, -0.1) is 6.42 Å². The number of benzene rings is 1. The van der Waals surface area contributed by atoms with Crippen molar-refractivity contribution in [3.63, 3.8) is 0 Å². The Labute approximate surface area is 109 Å². The molecule has 1 aromatic carbocycles. The summed E-state index contributed by atoms with van der Waals surface area (Å²) in [5.74, 6) is 1.81. The minimum atomic E-state index is -0.799. The van der Waals surface area contributed by atoms with E-state index in [0.29, 0.717) is 0 Å². The topological polar surface area (TPSA) is 47.6 Å². The van der Waals surface area contributed by atoms with E-state index in [9.17, 15) is 9.18 Å². The number of amides is 1. The first-order chi connectivity index (χ1) is 8.47. The summed E-state index contributed by atoms with van der Waals surface area (Å²) in [5, 5.41) is 2.25. The highest BCUT2D eigenvalue weighted by Gasteiger charge is 2.13. The molecule has 0 aliphatic heterocycles. The maximum absolute atomic E-state index is 13.5. The summed E-state index contributed by atoms with van der Waals surface area (Å²) < 4.78 is 23.1. The van der Waals surface area contributed by atoms with Gasteiger partial charge in [-0.3, -0.25) is 5.32 Å². The first kappa shape index (κ1) is 14.1. The summed E-state index contributed by atoms with van der Waals surface area (Å²) in [4.78, 5) is 11.0. The van der Waals surface area contributed by atoms with Gasteiger partial charge < -0.3 is 9.47 Å². The average Bonchev–Trinajstić information content (AvgIpc) is 2.34. The highest BCUT2D eigenvalue weighted by molar-refractivity contribution is 6.32. The van der Waals surface area contributed by atoms with Crippen LogP contribution in [0.25, 0.3) is 0 Å². The molecule has 1 atom stereocenters. The van der Waals surface area contributed by atoms with E-state index < -0.39 is 18.0 Å². The first-order valence-corrected chi connectivity index (χ1v) is 5.32. The number of hydrogen-bond donors (Lipinski definition) is 1. The smallest absolute Gasteiger partial charge is 0.411 e. The molecular formula is C12H11ClFNO3. The zero-order valence-electron chi connectivity index (χ0n) is 9.79. The Kier molecular flexibility index (Phi) is 4.81. The highest BCUT2D eigenvalue weighted by Crippen LogP contribution is 2.31. The van der Waals surface area contributed by atoms with Gasteiger partial charge in [-0.1, -0.05) is 17.5 Å². The third-order valence-corrected chi connectivity index (χ3v) is 2.28. The van der Waals surface area contributed by atoms with E-state index in [0.717, 1.165) is 6.07 Å². The van der Waals surface area contributed by atoms with Gasteiger partial charge in [0.05, 0.1) is 17.8 Å². The van der Waals surface area contributed by atoms with Crippen LogP contribution in [0, 0.1) is 18.2 Å². The molecule has 6 heteroatoms. The molecule has 0 spiro atoms. The van der Waals surface area contributed by atoms with E-state index in [1.54, 1.807) is 6.92 Å². The number of rotatable bonds is 3. The van der Waals surface area contributed by atoms with Crippen LogP contribution < -0.4 is 10.1 Å². The lowest BCUT2D eigenvalue weighted by Gasteiger charge is -2.13. The number of hydrogen-bond acceptors (Lipinski definition) is 3. The minimum absolute atomic E-state index is 0.0602. The summed E-state index contributed by atoms with van der Waals surface area (Å²) in [6, 6.07) is 2.26. The molecule has 0 aliphatic rings. The predicted molar refractivity (Wildman–Crippen MR) is 66.4 cm³/mol. The predicted octanol–water partition coefficient (Wildman–Crippen LogP) is 3.06. The third kappa shape index (κ3) is 3.54. The number of methoxy groups -OCH3 is 1. The van der Waals surface area contributed by atoms with E-state index in [1.165, 1.54) is 13.2 Å². The van der Waals surface area contributed by atoms with Crippen LogP contribution in [-0.4, -0.2) is 19.3 Å². The molecule has 0 aliphatic carbocycles. The number of nitrogens with one attached hydrogen (secondary N) is 1. The monoisotopic (exact) mass is 271 g/mol. The fourth-order valence-corrected chi connectivity index (χ4v) is 1.30. The maximum Gasteiger partial charge on any atom is 0.411 e. The number of halogens is 2. The van der Waals surface area contributed by atoms with Crippen LogP contribution in [0.2, 0.25) is 5.02 Å². The molecule has 96 valence electrons. The number of anilines is 1. The van der Waals surface area contributed by atoms with Crippen molar-refractivity contribution in [2.75, 3.05) is 12.4 Å². The Balaban J connectivity index is 3.02. The second kappa shape index (κ2) is 6.12. The number of carbonyl (C=O) groups excluding carboxylic acids is 1. The highest BCUT2D eigenvalue weighted by atomic mass is 35.5. The van der Waals surface area contributed by atoms with Crippen LogP contribution in [0.5, 0.6) is 5.75 Å². The molecule has 0 saturated carbocycles. The molecule has 1 aromatic rings. The van der Waals surface area contributed by atoms with E-state index in [4.69, 9.17) is 22.8 Å². The van der Waals surface area contributed by atoms with Crippen LogP contribution in [-0.2, 0) is 4.74 Å². The van der Waals surface area contributed by atoms with Gasteiger partial charge in [-0.25, -0.2) is 9.18 Å². The molecule has 0 heterocycles. The Morgan fingerprint density at radius 2 is 2.28 bits per heavy atom. The molecule has 1 amide bonds. The van der Waals surface area contributed by atoms with Crippen LogP contribution in [0.1, 0.15) is 6.92 Å². The van der Waals surface area contributed by atoms with E-state index in [1.807, 2.05) is 0 Å². The number of carbonyl (C=O) groups is 1. The van der Waals surface area contributed by atoms with Gasteiger partial charge in [0.25, 0.3) is 0 Å². The van der Waals surface area contributed by atoms with E-state index in [2.05, 4.69) is 16.0 Å². The second-order valence-corrected chi connectivity index (χ2v) is 3.71. The molecule has 1 N–H and O–H groups in total. The normalized spacial score (nSPS) is 11.3. The van der Waals surface area contributed by atoms with Crippen molar-refractivity contribution in [2.45, 2.75) is 13.0 Å². The summed E-state index contributed by atoms with van der Waals surface area (Å²) in [5.41, 5.74) is -0.106. The fraction of sp³-hybridized carbons (Fsp3) is 0.250. The Morgan fingerprint density at radius 3 is 2.83 bits per heavy atom. The van der Waals surface area contributed by atoms with Crippen molar-refractivity contribution < 1.29 is 18.7 Å². The minimum Gasteiger partial charge on any atom is -0.476 e. The summed E-state index contributed by atoms with van der Waals surface area (Å²) >= 11 is 5.80. The lowest BCUT2D eigenvalue weighted by atomic mass is 10.2. The number of ether oxygens (including phenoxy) is 2. The molecule has 1 unspecified atom stereocenters. The van der Waals surface area contributed by atoms with Gasteiger partial charge in [0, 0.05) is 6.07 Å². The quantitative estimate of drug-likeness (QED) is 0.860. The SMILES string of the molecule is C#CC(C)Oc1cc(NC(=O)OC)c(F)cc1Cl. The largest absolute Gasteiger partial charge is 0.476 e. The fourth-order valence-electron chi connectivity index (χ4n) is 1.10. The summed E-state index contributed by atoms with van der Waals surface area (Å²) in [7, 11) is 1.17. The summed E-state index contributed by atoms with van der Waals surface area (Å²) in [6.45, 7) is 1.63. The maximum atomic E-state index is 13.5. The lowest BCUT2D eigenvalue weighted by Crippen LogP contribution is -2.13. The summed E-state index contributed by atoms with van der Waals surface area (Å²) in [6.07, 6.45) is 3.83. The van der Waals surface area contributed by atoms with Crippen LogP contribution >= 0.6 is 11.6 Å². The van der Waals surface area contributed by atoms with Crippen LogP contribution in [0.3, 0.4) is 0 Å².